The molecule has 0 aliphatic carbocycles. The van der Waals surface area contributed by atoms with Crippen molar-refractivity contribution < 1.29 is 4.79 Å². The SMILES string of the molecule is CC(=O)c1ccc(N2CCCC2(C)C)cn1. The van der Waals surface area contributed by atoms with Crippen LogP contribution in [-0.4, -0.2) is 22.9 Å². The highest BCUT2D eigenvalue weighted by Crippen LogP contribution is 2.32. The van der Waals surface area contributed by atoms with E-state index in [4.69, 9.17) is 0 Å². The van der Waals surface area contributed by atoms with Crippen LogP contribution in [0.15, 0.2) is 18.3 Å². The zero-order valence-corrected chi connectivity index (χ0v) is 10.2. The molecule has 1 aliphatic heterocycles. The van der Waals surface area contributed by atoms with Gasteiger partial charge in [0, 0.05) is 19.0 Å². The van der Waals surface area contributed by atoms with Crippen molar-refractivity contribution in [3.05, 3.63) is 24.0 Å². The standard InChI is InChI=1S/C13H18N2O/c1-10(16)12-6-5-11(9-14-12)15-8-4-7-13(15,2)3/h5-6,9H,4,7-8H2,1-3H3. The predicted octanol–water partition coefficient (Wildman–Crippen LogP) is 2.66. The Balaban J connectivity index is 2.25. The molecule has 0 aromatic carbocycles. The second kappa shape index (κ2) is 3.89. The van der Waals surface area contributed by atoms with Crippen LogP contribution in [0.3, 0.4) is 0 Å². The highest BCUT2D eigenvalue weighted by Gasteiger charge is 2.31. The molecule has 16 heavy (non-hydrogen) atoms. The Labute approximate surface area is 96.5 Å². The van der Waals surface area contributed by atoms with E-state index in [2.05, 4.69) is 23.7 Å². The lowest BCUT2D eigenvalue weighted by Crippen LogP contribution is -2.38. The van der Waals surface area contributed by atoms with Gasteiger partial charge in [-0.2, -0.15) is 0 Å². The average molecular weight is 218 g/mol. The number of carbonyl (C=O) groups excluding carboxylic acids is 1. The van der Waals surface area contributed by atoms with Gasteiger partial charge in [0.1, 0.15) is 5.69 Å². The molecule has 0 saturated carbocycles. The van der Waals surface area contributed by atoms with E-state index < -0.39 is 0 Å². The van der Waals surface area contributed by atoms with Crippen LogP contribution in [0, 0.1) is 0 Å². The number of hydrogen-bond acceptors (Lipinski definition) is 3. The average Bonchev–Trinajstić information content (AvgIpc) is 2.58. The Morgan fingerprint density at radius 3 is 2.62 bits per heavy atom. The van der Waals surface area contributed by atoms with Gasteiger partial charge in [0.25, 0.3) is 0 Å². The fourth-order valence-electron chi connectivity index (χ4n) is 2.34. The first-order valence-electron chi connectivity index (χ1n) is 5.75. The van der Waals surface area contributed by atoms with Gasteiger partial charge in [-0.25, -0.2) is 0 Å². The summed E-state index contributed by atoms with van der Waals surface area (Å²) in [5.41, 5.74) is 1.87. The molecule has 2 heterocycles. The number of nitrogens with zero attached hydrogens (tertiary/aromatic N) is 2. The third-order valence-electron chi connectivity index (χ3n) is 3.32. The molecular weight excluding hydrogens is 200 g/mol. The fraction of sp³-hybridized carbons (Fsp3) is 0.538. The van der Waals surface area contributed by atoms with Gasteiger partial charge in [0.2, 0.25) is 0 Å². The molecule has 0 atom stereocenters. The van der Waals surface area contributed by atoms with Crippen molar-refractivity contribution in [3.63, 3.8) is 0 Å². The number of anilines is 1. The number of ketones is 1. The summed E-state index contributed by atoms with van der Waals surface area (Å²) in [6.45, 7) is 7.12. The molecule has 1 fully saturated rings. The van der Waals surface area contributed by atoms with Crippen LogP contribution in [0.1, 0.15) is 44.1 Å². The number of hydrogen-bond donors (Lipinski definition) is 0. The maximum Gasteiger partial charge on any atom is 0.178 e. The molecule has 3 nitrogen and oxygen atoms in total. The largest absolute Gasteiger partial charge is 0.365 e. The van der Waals surface area contributed by atoms with Gasteiger partial charge in [-0.1, -0.05) is 0 Å². The fourth-order valence-corrected chi connectivity index (χ4v) is 2.34. The number of Topliss-reactive ketones (excluding diaryl/α,β-unsaturated/α-hetero) is 1. The van der Waals surface area contributed by atoms with Crippen LogP contribution in [0.5, 0.6) is 0 Å². The van der Waals surface area contributed by atoms with Gasteiger partial charge < -0.3 is 4.90 Å². The normalized spacial score (nSPS) is 18.8. The molecule has 1 aromatic rings. The highest BCUT2D eigenvalue weighted by atomic mass is 16.1. The molecule has 2 rings (SSSR count). The minimum atomic E-state index is 0.0206. The van der Waals surface area contributed by atoms with Crippen molar-refractivity contribution in [2.45, 2.75) is 39.2 Å². The van der Waals surface area contributed by atoms with E-state index in [1.165, 1.54) is 12.8 Å². The zero-order valence-electron chi connectivity index (χ0n) is 10.2. The van der Waals surface area contributed by atoms with Gasteiger partial charge in [-0.05, 0) is 38.8 Å². The van der Waals surface area contributed by atoms with E-state index in [-0.39, 0.29) is 11.3 Å². The molecule has 86 valence electrons. The van der Waals surface area contributed by atoms with Crippen LogP contribution in [0.2, 0.25) is 0 Å². The van der Waals surface area contributed by atoms with Crippen molar-refractivity contribution >= 4 is 11.5 Å². The van der Waals surface area contributed by atoms with Crippen molar-refractivity contribution in [2.24, 2.45) is 0 Å². The van der Waals surface area contributed by atoms with E-state index in [1.807, 2.05) is 18.3 Å². The van der Waals surface area contributed by atoms with Crippen molar-refractivity contribution in [3.8, 4) is 0 Å². The van der Waals surface area contributed by atoms with Crippen LogP contribution >= 0.6 is 0 Å². The summed E-state index contributed by atoms with van der Waals surface area (Å²) in [6, 6.07) is 3.81. The summed E-state index contributed by atoms with van der Waals surface area (Å²) in [7, 11) is 0. The van der Waals surface area contributed by atoms with Gasteiger partial charge in [-0.3, -0.25) is 9.78 Å². The maximum atomic E-state index is 11.1. The van der Waals surface area contributed by atoms with Crippen molar-refractivity contribution in [2.75, 3.05) is 11.4 Å². The topological polar surface area (TPSA) is 33.2 Å². The highest BCUT2D eigenvalue weighted by molar-refractivity contribution is 5.92. The van der Waals surface area contributed by atoms with E-state index >= 15 is 0 Å². The molecule has 0 spiro atoms. The van der Waals surface area contributed by atoms with Gasteiger partial charge in [0.05, 0.1) is 11.9 Å². The molecule has 1 saturated heterocycles. The van der Waals surface area contributed by atoms with E-state index in [0.29, 0.717) is 5.69 Å². The number of carbonyl (C=O) groups is 1. The number of aromatic nitrogens is 1. The molecule has 3 heteroatoms. The molecule has 0 N–H and O–H groups in total. The first-order valence-corrected chi connectivity index (χ1v) is 5.75. The van der Waals surface area contributed by atoms with Crippen LogP contribution < -0.4 is 4.90 Å². The Hall–Kier alpha value is -1.38. The Kier molecular flexibility index (Phi) is 2.70. The molecule has 0 unspecified atom stereocenters. The van der Waals surface area contributed by atoms with Crippen LogP contribution in [-0.2, 0) is 0 Å². The second-order valence-corrected chi connectivity index (χ2v) is 5.03. The Morgan fingerprint density at radius 1 is 1.44 bits per heavy atom. The lowest BCUT2D eigenvalue weighted by atomic mass is 10.0. The third kappa shape index (κ3) is 1.94. The van der Waals surface area contributed by atoms with E-state index in [0.717, 1.165) is 12.2 Å². The monoisotopic (exact) mass is 218 g/mol. The summed E-state index contributed by atoms with van der Waals surface area (Å²) >= 11 is 0. The molecule has 1 aliphatic rings. The van der Waals surface area contributed by atoms with E-state index in [9.17, 15) is 4.79 Å². The molecule has 0 bridgehead atoms. The molecule has 0 amide bonds. The van der Waals surface area contributed by atoms with E-state index in [1.54, 1.807) is 6.92 Å². The minimum absolute atomic E-state index is 0.0206. The smallest absolute Gasteiger partial charge is 0.178 e. The van der Waals surface area contributed by atoms with Crippen LogP contribution in [0.25, 0.3) is 0 Å². The summed E-state index contributed by atoms with van der Waals surface area (Å²) in [6.07, 6.45) is 4.24. The molecule has 0 radical (unpaired) electrons. The van der Waals surface area contributed by atoms with Gasteiger partial charge in [0.15, 0.2) is 5.78 Å². The lowest BCUT2D eigenvalue weighted by Gasteiger charge is -2.33. The van der Waals surface area contributed by atoms with Crippen molar-refractivity contribution in [1.29, 1.82) is 0 Å². The Bertz CT molecular complexity index is 395. The summed E-state index contributed by atoms with van der Waals surface area (Å²) < 4.78 is 0. The maximum absolute atomic E-state index is 11.1. The van der Waals surface area contributed by atoms with Crippen LogP contribution in [0.4, 0.5) is 5.69 Å². The quantitative estimate of drug-likeness (QED) is 0.715. The van der Waals surface area contributed by atoms with Crippen molar-refractivity contribution in [1.82, 2.24) is 4.98 Å². The number of pyridine rings is 1. The summed E-state index contributed by atoms with van der Waals surface area (Å²) in [4.78, 5) is 17.7. The third-order valence-corrected chi connectivity index (χ3v) is 3.32. The second-order valence-electron chi connectivity index (χ2n) is 5.03. The summed E-state index contributed by atoms with van der Waals surface area (Å²) in [5, 5.41) is 0. The number of rotatable bonds is 2. The molecular formula is C13H18N2O. The minimum Gasteiger partial charge on any atom is -0.365 e. The van der Waals surface area contributed by atoms with Gasteiger partial charge in [-0.15, -0.1) is 0 Å². The lowest BCUT2D eigenvalue weighted by molar-refractivity contribution is 0.101. The molecule has 1 aromatic heterocycles. The first-order chi connectivity index (χ1) is 7.50. The first kappa shape index (κ1) is 11.1. The predicted molar refractivity (Wildman–Crippen MR) is 64.9 cm³/mol. The zero-order chi connectivity index (χ0) is 11.8. The Morgan fingerprint density at radius 2 is 2.19 bits per heavy atom. The summed E-state index contributed by atoms with van der Waals surface area (Å²) in [5.74, 6) is 0.0206. The van der Waals surface area contributed by atoms with Gasteiger partial charge >= 0.3 is 0 Å².